The Morgan fingerprint density at radius 3 is 2.32 bits per heavy atom. The summed E-state index contributed by atoms with van der Waals surface area (Å²) in [6.45, 7) is 4.15. The molecule has 110 valence electrons. The minimum absolute atomic E-state index is 0. The fraction of sp³-hybridized carbons (Fsp3) is 0.538. The zero-order valence-electron chi connectivity index (χ0n) is 10.9. The summed E-state index contributed by atoms with van der Waals surface area (Å²) in [5.41, 5.74) is 6.31. The average Bonchev–Trinajstić information content (AvgIpc) is 2.29. The van der Waals surface area contributed by atoms with Crippen molar-refractivity contribution in [3.05, 3.63) is 27.7 Å². The molecule has 0 amide bonds. The van der Waals surface area contributed by atoms with E-state index in [-0.39, 0.29) is 23.2 Å². The molecule has 0 heterocycles. The lowest BCUT2D eigenvalue weighted by molar-refractivity contribution is 0.127. The lowest BCUT2D eigenvalue weighted by atomic mass is 9.95. The molecule has 1 aromatic carbocycles. The molecule has 0 aliphatic heterocycles. The van der Waals surface area contributed by atoms with E-state index in [0.29, 0.717) is 22.9 Å². The van der Waals surface area contributed by atoms with E-state index in [1.54, 1.807) is 0 Å². The second kappa shape index (κ2) is 8.18. The topological polar surface area (TPSA) is 66.5 Å². The summed E-state index contributed by atoms with van der Waals surface area (Å²) in [4.78, 5) is 0. The van der Waals surface area contributed by atoms with Crippen molar-refractivity contribution >= 4 is 35.6 Å². The van der Waals surface area contributed by atoms with Crippen LogP contribution in [0.5, 0.6) is 5.75 Å². The molecule has 0 aliphatic rings. The predicted molar refractivity (Wildman–Crippen MR) is 82.4 cm³/mol. The van der Waals surface area contributed by atoms with Gasteiger partial charge in [0.15, 0.2) is 0 Å². The first kappa shape index (κ1) is 18.8. The highest BCUT2D eigenvalue weighted by Gasteiger charge is 2.22. The van der Waals surface area contributed by atoms with E-state index in [1.165, 1.54) is 12.1 Å². The fourth-order valence-corrected chi connectivity index (χ4v) is 2.24. The molecule has 1 aromatic rings. The van der Waals surface area contributed by atoms with E-state index >= 15 is 0 Å². The van der Waals surface area contributed by atoms with Crippen LogP contribution in [0.1, 0.15) is 38.3 Å². The number of hydrogen-bond donors (Lipinski definition) is 3. The Hall–Kier alpha value is -0.190. The lowest BCUT2D eigenvalue weighted by Gasteiger charge is -2.21. The highest BCUT2D eigenvalue weighted by atomic mass is 35.5. The highest BCUT2D eigenvalue weighted by molar-refractivity contribution is 6.35. The number of aliphatic hydroxyl groups is 1. The standard InChI is InChI=1S/C13H19Cl2NO2.ClH/c1-7(2)3-4-11(17)12(16)9-5-8(14)6-10(15)13(9)18;/h5-7,11-12,17-18H,3-4,16H2,1-2H3;1H/t11-,12+;/m0./s1. The van der Waals surface area contributed by atoms with Gasteiger partial charge in [-0.1, -0.05) is 37.0 Å². The molecule has 0 bridgehead atoms. The number of halogens is 3. The van der Waals surface area contributed by atoms with Gasteiger partial charge in [0.25, 0.3) is 0 Å². The van der Waals surface area contributed by atoms with Gasteiger partial charge < -0.3 is 15.9 Å². The van der Waals surface area contributed by atoms with Crippen molar-refractivity contribution in [3.63, 3.8) is 0 Å². The van der Waals surface area contributed by atoms with Crippen LogP contribution in [0.2, 0.25) is 10.0 Å². The molecule has 4 N–H and O–H groups in total. The van der Waals surface area contributed by atoms with Crippen molar-refractivity contribution in [1.82, 2.24) is 0 Å². The number of phenols is 1. The summed E-state index contributed by atoms with van der Waals surface area (Å²) in [6, 6.07) is 2.28. The number of rotatable bonds is 5. The lowest BCUT2D eigenvalue weighted by Crippen LogP contribution is -2.26. The van der Waals surface area contributed by atoms with Gasteiger partial charge in [-0.15, -0.1) is 12.4 Å². The maximum Gasteiger partial charge on any atom is 0.139 e. The minimum atomic E-state index is -0.729. The van der Waals surface area contributed by atoms with Crippen molar-refractivity contribution in [2.24, 2.45) is 11.7 Å². The largest absolute Gasteiger partial charge is 0.506 e. The first-order chi connectivity index (χ1) is 8.32. The number of nitrogens with two attached hydrogens (primary N) is 1. The molecule has 6 heteroatoms. The minimum Gasteiger partial charge on any atom is -0.506 e. The third-order valence-electron chi connectivity index (χ3n) is 2.87. The SMILES string of the molecule is CC(C)CC[C@H](O)[C@H](N)c1cc(Cl)cc(Cl)c1O.Cl. The van der Waals surface area contributed by atoms with Crippen molar-refractivity contribution in [2.75, 3.05) is 0 Å². The van der Waals surface area contributed by atoms with Crippen LogP contribution in [0.4, 0.5) is 0 Å². The second-order valence-electron chi connectivity index (χ2n) is 4.89. The number of benzene rings is 1. The number of hydrogen-bond acceptors (Lipinski definition) is 3. The first-order valence-electron chi connectivity index (χ1n) is 5.94. The Kier molecular flexibility index (Phi) is 8.09. The van der Waals surface area contributed by atoms with Gasteiger partial charge in [0.2, 0.25) is 0 Å². The molecule has 0 unspecified atom stereocenters. The molecule has 19 heavy (non-hydrogen) atoms. The quantitative estimate of drug-likeness (QED) is 0.767. The first-order valence-corrected chi connectivity index (χ1v) is 6.70. The fourth-order valence-electron chi connectivity index (χ4n) is 1.73. The average molecular weight is 329 g/mol. The van der Waals surface area contributed by atoms with E-state index in [9.17, 15) is 10.2 Å². The molecule has 0 fully saturated rings. The Bertz CT molecular complexity index is 413. The monoisotopic (exact) mass is 327 g/mol. The highest BCUT2D eigenvalue weighted by Crippen LogP contribution is 2.35. The molecular weight excluding hydrogens is 309 g/mol. The molecule has 0 saturated heterocycles. The van der Waals surface area contributed by atoms with Crippen LogP contribution in [0.15, 0.2) is 12.1 Å². The second-order valence-corrected chi connectivity index (χ2v) is 5.73. The van der Waals surface area contributed by atoms with E-state index < -0.39 is 12.1 Å². The summed E-state index contributed by atoms with van der Waals surface area (Å²) in [5.74, 6) is 0.376. The molecule has 0 spiro atoms. The van der Waals surface area contributed by atoms with Crippen LogP contribution in [-0.4, -0.2) is 16.3 Å². The van der Waals surface area contributed by atoms with E-state index in [0.717, 1.165) is 6.42 Å². The maximum absolute atomic E-state index is 10.0. The van der Waals surface area contributed by atoms with Gasteiger partial charge in [0.1, 0.15) is 5.75 Å². The summed E-state index contributed by atoms with van der Waals surface area (Å²) in [6.07, 6.45) is 0.708. The number of aliphatic hydroxyl groups excluding tert-OH is 1. The third-order valence-corrected chi connectivity index (χ3v) is 3.38. The van der Waals surface area contributed by atoms with Crippen molar-refractivity contribution in [1.29, 1.82) is 0 Å². The van der Waals surface area contributed by atoms with Crippen LogP contribution in [-0.2, 0) is 0 Å². The zero-order chi connectivity index (χ0) is 13.9. The number of phenolic OH excluding ortho intramolecular Hbond substituents is 1. The van der Waals surface area contributed by atoms with Gasteiger partial charge in [0.05, 0.1) is 17.2 Å². The molecular formula is C13H20Cl3NO2. The predicted octanol–water partition coefficient (Wildman–Crippen LogP) is 3.92. The maximum atomic E-state index is 10.0. The van der Waals surface area contributed by atoms with Crippen LogP contribution in [0.3, 0.4) is 0 Å². The molecule has 0 saturated carbocycles. The summed E-state index contributed by atoms with van der Waals surface area (Å²) in [7, 11) is 0. The van der Waals surface area contributed by atoms with Gasteiger partial charge in [-0.05, 0) is 30.9 Å². The van der Waals surface area contributed by atoms with Crippen molar-refractivity contribution < 1.29 is 10.2 Å². The summed E-state index contributed by atoms with van der Waals surface area (Å²) >= 11 is 11.7. The summed E-state index contributed by atoms with van der Waals surface area (Å²) in [5, 5.41) is 20.4. The van der Waals surface area contributed by atoms with Crippen LogP contribution in [0, 0.1) is 5.92 Å². The Balaban J connectivity index is 0.00000324. The van der Waals surface area contributed by atoms with Gasteiger partial charge in [-0.3, -0.25) is 0 Å². The van der Waals surface area contributed by atoms with Crippen LogP contribution >= 0.6 is 35.6 Å². The third kappa shape index (κ3) is 5.36. The van der Waals surface area contributed by atoms with Gasteiger partial charge >= 0.3 is 0 Å². The molecule has 0 radical (unpaired) electrons. The molecule has 0 aliphatic carbocycles. The molecule has 2 atom stereocenters. The van der Waals surface area contributed by atoms with E-state index in [2.05, 4.69) is 13.8 Å². The molecule has 3 nitrogen and oxygen atoms in total. The van der Waals surface area contributed by atoms with E-state index in [4.69, 9.17) is 28.9 Å². The summed E-state index contributed by atoms with van der Waals surface area (Å²) < 4.78 is 0. The molecule has 1 rings (SSSR count). The smallest absolute Gasteiger partial charge is 0.139 e. The Labute approximate surface area is 130 Å². The van der Waals surface area contributed by atoms with Crippen LogP contribution < -0.4 is 5.73 Å². The normalized spacial score (nSPS) is 14.1. The molecule has 0 aromatic heterocycles. The van der Waals surface area contributed by atoms with E-state index in [1.807, 2.05) is 0 Å². The van der Waals surface area contributed by atoms with Gasteiger partial charge in [-0.2, -0.15) is 0 Å². The van der Waals surface area contributed by atoms with Gasteiger partial charge in [-0.25, -0.2) is 0 Å². The van der Waals surface area contributed by atoms with Crippen LogP contribution in [0.25, 0.3) is 0 Å². The van der Waals surface area contributed by atoms with Crippen molar-refractivity contribution in [3.8, 4) is 5.75 Å². The number of aromatic hydroxyl groups is 1. The Morgan fingerprint density at radius 2 is 1.79 bits per heavy atom. The zero-order valence-corrected chi connectivity index (χ0v) is 13.3. The Morgan fingerprint density at radius 1 is 1.21 bits per heavy atom. The van der Waals surface area contributed by atoms with Crippen molar-refractivity contribution in [2.45, 2.75) is 38.8 Å². The van der Waals surface area contributed by atoms with Gasteiger partial charge in [0, 0.05) is 10.6 Å².